The van der Waals surface area contributed by atoms with Gasteiger partial charge in [-0.05, 0) is 42.8 Å². The maximum absolute atomic E-state index is 12.8. The second kappa shape index (κ2) is 9.42. The summed E-state index contributed by atoms with van der Waals surface area (Å²) in [6.07, 6.45) is 5.26. The van der Waals surface area contributed by atoms with Gasteiger partial charge in [0.25, 0.3) is 11.8 Å². The van der Waals surface area contributed by atoms with Crippen LogP contribution in [-0.2, 0) is 4.74 Å². The van der Waals surface area contributed by atoms with Gasteiger partial charge in [0.1, 0.15) is 0 Å². The predicted molar refractivity (Wildman–Crippen MR) is 113 cm³/mol. The number of hydrogen-bond acceptors (Lipinski definition) is 4. The molecule has 7 heteroatoms. The number of benzene rings is 2. The van der Waals surface area contributed by atoms with Crippen LogP contribution in [0.5, 0.6) is 0 Å². The van der Waals surface area contributed by atoms with Crippen molar-refractivity contribution in [2.45, 2.75) is 39.0 Å². The van der Waals surface area contributed by atoms with Crippen molar-refractivity contribution < 1.29 is 19.1 Å². The van der Waals surface area contributed by atoms with Gasteiger partial charge >= 0.3 is 5.97 Å². The number of unbranched alkanes of at least 4 members (excludes halogenated alkanes) is 4. The maximum Gasteiger partial charge on any atom is 0.338 e. The highest BCUT2D eigenvalue weighted by atomic mass is 35.5. The molecular formula is C22H21Cl2NO4. The monoisotopic (exact) mass is 433 g/mol. The van der Waals surface area contributed by atoms with Crippen LogP contribution in [-0.4, -0.2) is 24.4 Å². The highest BCUT2D eigenvalue weighted by Crippen LogP contribution is 2.33. The van der Waals surface area contributed by atoms with Crippen LogP contribution < -0.4 is 4.90 Å². The number of ether oxygens (including phenoxy) is 1. The standard InChI is InChI=1S/C22H21Cl2NO4/c1-2-3-4-5-6-11-29-22(28)14-7-9-16-17(12-14)21(27)25(20(16)26)15-8-10-18(23)19(24)13-15/h7-10,12-13H,2-6,11H2,1H3. The quantitative estimate of drug-likeness (QED) is 0.294. The van der Waals surface area contributed by atoms with Crippen molar-refractivity contribution in [2.24, 2.45) is 0 Å². The minimum Gasteiger partial charge on any atom is -0.462 e. The molecule has 0 bridgehead atoms. The third-order valence-electron chi connectivity index (χ3n) is 4.76. The minimum atomic E-state index is -0.516. The molecule has 29 heavy (non-hydrogen) atoms. The molecule has 0 saturated heterocycles. The fourth-order valence-electron chi connectivity index (χ4n) is 3.18. The first-order valence-electron chi connectivity index (χ1n) is 9.59. The Morgan fingerprint density at radius 2 is 1.62 bits per heavy atom. The summed E-state index contributed by atoms with van der Waals surface area (Å²) < 4.78 is 5.29. The Bertz CT molecular complexity index is 958. The maximum atomic E-state index is 12.8. The van der Waals surface area contributed by atoms with Gasteiger partial charge in [0.15, 0.2) is 0 Å². The zero-order chi connectivity index (χ0) is 21.0. The van der Waals surface area contributed by atoms with Gasteiger partial charge in [-0.15, -0.1) is 0 Å². The summed E-state index contributed by atoms with van der Waals surface area (Å²) in [5, 5.41) is 0.565. The molecule has 0 atom stereocenters. The molecule has 5 nitrogen and oxygen atoms in total. The number of fused-ring (bicyclic) bond motifs is 1. The van der Waals surface area contributed by atoms with E-state index in [1.54, 1.807) is 6.07 Å². The summed E-state index contributed by atoms with van der Waals surface area (Å²) in [5.41, 5.74) is 0.965. The molecule has 1 aliphatic rings. The number of anilines is 1. The van der Waals surface area contributed by atoms with E-state index in [0.717, 1.165) is 30.6 Å². The number of nitrogens with zero attached hydrogens (tertiary/aromatic N) is 1. The Labute approximate surface area is 179 Å². The van der Waals surface area contributed by atoms with Gasteiger partial charge < -0.3 is 4.74 Å². The van der Waals surface area contributed by atoms with Crippen LogP contribution in [0.1, 0.15) is 70.1 Å². The predicted octanol–water partition coefficient (Wildman–Crippen LogP) is 5.92. The lowest BCUT2D eigenvalue weighted by Crippen LogP contribution is -2.29. The number of amides is 2. The third-order valence-corrected chi connectivity index (χ3v) is 5.50. The van der Waals surface area contributed by atoms with Crippen LogP contribution in [0.2, 0.25) is 10.0 Å². The van der Waals surface area contributed by atoms with Crippen molar-refractivity contribution in [1.82, 2.24) is 0 Å². The van der Waals surface area contributed by atoms with Crippen molar-refractivity contribution >= 4 is 46.7 Å². The number of imide groups is 1. The number of halogens is 2. The third kappa shape index (κ3) is 4.62. The average molecular weight is 434 g/mol. The first kappa shape index (κ1) is 21.3. The molecule has 3 rings (SSSR count). The first-order valence-corrected chi connectivity index (χ1v) is 10.3. The Kier molecular flexibility index (Phi) is 6.93. The van der Waals surface area contributed by atoms with E-state index >= 15 is 0 Å². The second-order valence-electron chi connectivity index (χ2n) is 6.85. The Balaban J connectivity index is 1.72. The molecule has 1 heterocycles. The van der Waals surface area contributed by atoms with Crippen LogP contribution in [0.4, 0.5) is 5.69 Å². The van der Waals surface area contributed by atoms with Crippen LogP contribution in [0.25, 0.3) is 0 Å². The van der Waals surface area contributed by atoms with E-state index in [2.05, 4.69) is 6.92 Å². The molecule has 0 radical (unpaired) electrons. The fourth-order valence-corrected chi connectivity index (χ4v) is 3.47. The molecule has 0 unspecified atom stereocenters. The van der Waals surface area contributed by atoms with Crippen molar-refractivity contribution in [2.75, 3.05) is 11.5 Å². The smallest absolute Gasteiger partial charge is 0.338 e. The molecule has 0 spiro atoms. The van der Waals surface area contributed by atoms with Crippen LogP contribution in [0, 0.1) is 0 Å². The summed E-state index contributed by atoms with van der Waals surface area (Å²) >= 11 is 11.9. The van der Waals surface area contributed by atoms with Gasteiger partial charge in [0, 0.05) is 0 Å². The van der Waals surface area contributed by atoms with Crippen molar-refractivity contribution in [3.05, 3.63) is 63.1 Å². The van der Waals surface area contributed by atoms with Crippen LogP contribution >= 0.6 is 23.2 Å². The molecule has 0 aliphatic carbocycles. The average Bonchev–Trinajstić information content (AvgIpc) is 2.96. The largest absolute Gasteiger partial charge is 0.462 e. The number of carbonyl (C=O) groups excluding carboxylic acids is 3. The molecule has 0 aromatic heterocycles. The van der Waals surface area contributed by atoms with E-state index in [4.69, 9.17) is 27.9 Å². The molecule has 2 amide bonds. The van der Waals surface area contributed by atoms with Gasteiger partial charge in [-0.1, -0.05) is 55.8 Å². The SMILES string of the molecule is CCCCCCCOC(=O)c1ccc2c(c1)C(=O)N(c1ccc(Cl)c(Cl)c1)C2=O. The molecule has 0 fully saturated rings. The van der Waals surface area contributed by atoms with Gasteiger partial charge in [0.2, 0.25) is 0 Å². The summed E-state index contributed by atoms with van der Waals surface area (Å²) in [6.45, 7) is 2.48. The number of rotatable bonds is 8. The zero-order valence-corrected chi connectivity index (χ0v) is 17.6. The summed E-state index contributed by atoms with van der Waals surface area (Å²) in [7, 11) is 0. The Hall–Kier alpha value is -2.37. The minimum absolute atomic E-state index is 0.165. The molecular weight excluding hydrogens is 413 g/mol. The van der Waals surface area contributed by atoms with E-state index in [1.807, 2.05) is 0 Å². The molecule has 0 saturated carbocycles. The first-order chi connectivity index (χ1) is 13.9. The van der Waals surface area contributed by atoms with Gasteiger partial charge in [-0.3, -0.25) is 9.59 Å². The Morgan fingerprint density at radius 1 is 0.897 bits per heavy atom. The van der Waals surface area contributed by atoms with Crippen LogP contribution in [0.3, 0.4) is 0 Å². The molecule has 152 valence electrons. The zero-order valence-electron chi connectivity index (χ0n) is 16.0. The van der Waals surface area contributed by atoms with E-state index in [0.29, 0.717) is 17.3 Å². The molecule has 0 N–H and O–H groups in total. The normalized spacial score (nSPS) is 13.0. The summed E-state index contributed by atoms with van der Waals surface area (Å²) in [4.78, 5) is 38.8. The van der Waals surface area contributed by atoms with E-state index in [9.17, 15) is 14.4 Å². The Morgan fingerprint density at radius 3 is 2.34 bits per heavy atom. The molecule has 2 aromatic carbocycles. The van der Waals surface area contributed by atoms with Crippen molar-refractivity contribution in [1.29, 1.82) is 0 Å². The highest BCUT2D eigenvalue weighted by molar-refractivity contribution is 6.42. The second-order valence-corrected chi connectivity index (χ2v) is 7.67. The van der Waals surface area contributed by atoms with Gasteiger partial charge in [-0.25, -0.2) is 9.69 Å². The summed E-state index contributed by atoms with van der Waals surface area (Å²) in [6, 6.07) is 8.91. The molecule has 2 aromatic rings. The lowest BCUT2D eigenvalue weighted by molar-refractivity contribution is 0.0497. The van der Waals surface area contributed by atoms with Crippen molar-refractivity contribution in [3.63, 3.8) is 0 Å². The number of esters is 1. The van der Waals surface area contributed by atoms with Crippen LogP contribution in [0.15, 0.2) is 36.4 Å². The molecule has 1 aliphatic heterocycles. The number of carbonyl (C=O) groups is 3. The number of hydrogen-bond donors (Lipinski definition) is 0. The highest BCUT2D eigenvalue weighted by Gasteiger charge is 2.37. The lowest BCUT2D eigenvalue weighted by atomic mass is 10.1. The van der Waals surface area contributed by atoms with E-state index in [-0.39, 0.29) is 21.7 Å². The van der Waals surface area contributed by atoms with Crippen molar-refractivity contribution in [3.8, 4) is 0 Å². The van der Waals surface area contributed by atoms with E-state index in [1.165, 1.54) is 36.8 Å². The topological polar surface area (TPSA) is 63.7 Å². The fraction of sp³-hybridized carbons (Fsp3) is 0.318. The van der Waals surface area contributed by atoms with Gasteiger partial charge in [-0.2, -0.15) is 0 Å². The summed E-state index contributed by atoms with van der Waals surface area (Å²) in [5.74, 6) is -1.49. The van der Waals surface area contributed by atoms with Gasteiger partial charge in [0.05, 0.1) is 39.0 Å². The van der Waals surface area contributed by atoms with E-state index < -0.39 is 17.8 Å². The lowest BCUT2D eigenvalue weighted by Gasteiger charge is -2.14.